The van der Waals surface area contributed by atoms with Gasteiger partial charge in [0.25, 0.3) is 0 Å². The first-order chi connectivity index (χ1) is 8.11. The van der Waals surface area contributed by atoms with Crippen molar-refractivity contribution in [3.63, 3.8) is 0 Å². The number of ether oxygens (including phenoxy) is 1. The van der Waals surface area contributed by atoms with Crippen LogP contribution in [0.4, 0.5) is 0 Å². The van der Waals surface area contributed by atoms with Crippen LogP contribution in [0.2, 0.25) is 0 Å². The second-order valence-electron chi connectivity index (χ2n) is 5.73. The molecular weight excluding hydrogens is 216 g/mol. The van der Waals surface area contributed by atoms with Crippen LogP contribution in [-0.4, -0.2) is 23.8 Å². The largest absolute Gasteiger partial charge is 0.353 e. The van der Waals surface area contributed by atoms with E-state index in [1.54, 1.807) is 0 Å². The Morgan fingerprint density at radius 2 is 1.47 bits per heavy atom. The monoisotopic (exact) mass is 230 g/mol. The van der Waals surface area contributed by atoms with Crippen molar-refractivity contribution in [3.8, 4) is 0 Å². The van der Waals surface area contributed by atoms with Crippen molar-refractivity contribution in [2.75, 3.05) is 0 Å². The maximum absolute atomic E-state index is 12.2. The van der Waals surface area contributed by atoms with Gasteiger partial charge in [0.1, 0.15) is 0 Å². The van der Waals surface area contributed by atoms with Crippen LogP contribution >= 0.6 is 0 Å². The highest BCUT2D eigenvalue weighted by molar-refractivity contribution is 6.07. The minimum atomic E-state index is -0.407. The standard InChI is InChI=1S/C14H14O3/c1-5(2)8-6-3-4-7(8)10-9(6)11(15)13-14(17-13)12(10)16/h3-4,6-7,9-10,13-14H,1-2H3/t6-,7-,9-,10+,13-,14+/m1/s1. The lowest BCUT2D eigenvalue weighted by Crippen LogP contribution is -2.43. The topological polar surface area (TPSA) is 46.7 Å². The first kappa shape index (κ1) is 9.77. The van der Waals surface area contributed by atoms with Crippen molar-refractivity contribution in [1.82, 2.24) is 0 Å². The van der Waals surface area contributed by atoms with E-state index >= 15 is 0 Å². The molecule has 0 aromatic carbocycles. The van der Waals surface area contributed by atoms with E-state index in [4.69, 9.17) is 4.74 Å². The number of carbonyl (C=O) groups is 2. The molecule has 0 aromatic rings. The molecule has 1 saturated heterocycles. The summed E-state index contributed by atoms with van der Waals surface area (Å²) in [5.74, 6) is 0.385. The van der Waals surface area contributed by atoms with Crippen LogP contribution in [0.3, 0.4) is 0 Å². The van der Waals surface area contributed by atoms with Gasteiger partial charge in [-0.25, -0.2) is 0 Å². The van der Waals surface area contributed by atoms with Gasteiger partial charge in [0.15, 0.2) is 23.8 Å². The highest BCUT2D eigenvalue weighted by Crippen LogP contribution is 2.58. The van der Waals surface area contributed by atoms with E-state index in [1.807, 2.05) is 0 Å². The summed E-state index contributed by atoms with van der Waals surface area (Å²) in [7, 11) is 0. The van der Waals surface area contributed by atoms with Crippen molar-refractivity contribution < 1.29 is 14.3 Å². The Morgan fingerprint density at radius 1 is 1.00 bits per heavy atom. The first-order valence-corrected chi connectivity index (χ1v) is 6.20. The first-order valence-electron chi connectivity index (χ1n) is 6.20. The van der Waals surface area contributed by atoms with Crippen LogP contribution in [0.5, 0.6) is 0 Å². The molecule has 0 amide bonds. The number of rotatable bonds is 0. The molecule has 4 aliphatic rings. The van der Waals surface area contributed by atoms with Crippen LogP contribution in [-0.2, 0) is 14.3 Å². The Kier molecular flexibility index (Phi) is 1.60. The molecule has 1 heterocycles. The predicted molar refractivity (Wildman–Crippen MR) is 60.1 cm³/mol. The van der Waals surface area contributed by atoms with E-state index in [0.717, 1.165) is 0 Å². The normalized spacial score (nSPS) is 49.4. The molecule has 3 nitrogen and oxygen atoms in total. The molecule has 1 aliphatic heterocycles. The summed E-state index contributed by atoms with van der Waals surface area (Å²) in [5.41, 5.74) is 2.57. The van der Waals surface area contributed by atoms with E-state index < -0.39 is 12.2 Å². The van der Waals surface area contributed by atoms with E-state index in [9.17, 15) is 9.59 Å². The Morgan fingerprint density at radius 3 is 1.88 bits per heavy atom. The van der Waals surface area contributed by atoms with Gasteiger partial charge in [-0.3, -0.25) is 9.59 Å². The Hall–Kier alpha value is -1.22. The van der Waals surface area contributed by atoms with Crippen LogP contribution in [0, 0.1) is 23.7 Å². The molecule has 2 saturated carbocycles. The van der Waals surface area contributed by atoms with Gasteiger partial charge in [-0.15, -0.1) is 0 Å². The van der Waals surface area contributed by atoms with Crippen LogP contribution in [0.25, 0.3) is 0 Å². The molecule has 3 aliphatic carbocycles. The lowest BCUT2D eigenvalue weighted by atomic mass is 9.72. The number of carbonyl (C=O) groups excluding carboxylic acids is 2. The Labute approximate surface area is 99.5 Å². The molecule has 3 heteroatoms. The molecule has 88 valence electrons. The Bertz CT molecular complexity index is 472. The second-order valence-corrected chi connectivity index (χ2v) is 5.73. The molecule has 3 fully saturated rings. The van der Waals surface area contributed by atoms with E-state index in [0.29, 0.717) is 0 Å². The molecule has 0 aromatic heterocycles. The van der Waals surface area contributed by atoms with E-state index in [2.05, 4.69) is 26.0 Å². The third-order valence-corrected chi connectivity index (χ3v) is 4.69. The number of hydrogen-bond donors (Lipinski definition) is 0. The van der Waals surface area contributed by atoms with Gasteiger partial charge in [-0.05, 0) is 13.8 Å². The maximum atomic E-state index is 12.2. The lowest BCUT2D eigenvalue weighted by Gasteiger charge is -2.26. The van der Waals surface area contributed by atoms with Crippen molar-refractivity contribution in [3.05, 3.63) is 23.3 Å². The number of ketones is 2. The van der Waals surface area contributed by atoms with Crippen LogP contribution < -0.4 is 0 Å². The summed E-state index contributed by atoms with van der Waals surface area (Å²) < 4.78 is 5.22. The molecule has 2 bridgehead atoms. The minimum absolute atomic E-state index is 0.133. The smallest absolute Gasteiger partial charge is 0.169 e. The third-order valence-electron chi connectivity index (χ3n) is 4.69. The van der Waals surface area contributed by atoms with Crippen LogP contribution in [0.15, 0.2) is 23.3 Å². The zero-order valence-corrected chi connectivity index (χ0v) is 9.84. The van der Waals surface area contributed by atoms with E-state index in [1.165, 1.54) is 11.1 Å². The summed E-state index contributed by atoms with van der Waals surface area (Å²) in [6, 6.07) is 0. The predicted octanol–water partition coefficient (Wildman–Crippen LogP) is 1.29. The molecule has 0 spiro atoms. The lowest BCUT2D eigenvalue weighted by molar-refractivity contribution is -0.135. The number of epoxide rings is 1. The van der Waals surface area contributed by atoms with Crippen molar-refractivity contribution in [2.45, 2.75) is 26.1 Å². The van der Waals surface area contributed by atoms with Gasteiger partial charge < -0.3 is 4.74 Å². The number of fused-ring (bicyclic) bond motifs is 6. The highest BCUT2D eigenvalue weighted by atomic mass is 16.6. The Balaban J connectivity index is 1.87. The fraction of sp³-hybridized carbons (Fsp3) is 0.571. The van der Waals surface area contributed by atoms with Crippen LogP contribution in [0.1, 0.15) is 13.8 Å². The average Bonchev–Trinajstić information content (AvgIpc) is 2.89. The number of hydrogen-bond acceptors (Lipinski definition) is 3. The van der Waals surface area contributed by atoms with Crippen molar-refractivity contribution >= 4 is 11.6 Å². The van der Waals surface area contributed by atoms with Gasteiger partial charge in [0.05, 0.1) is 0 Å². The zero-order valence-electron chi connectivity index (χ0n) is 9.84. The van der Waals surface area contributed by atoms with E-state index in [-0.39, 0.29) is 35.2 Å². The molecule has 17 heavy (non-hydrogen) atoms. The molecule has 4 rings (SSSR count). The minimum Gasteiger partial charge on any atom is -0.353 e. The SMILES string of the molecule is CC(C)=C1[C@H]2C=C[C@H]1[C@H]1C(=O)[C@H]3O[C@H]3C(=O)[C@H]12. The molecule has 0 N–H and O–H groups in total. The van der Waals surface area contributed by atoms with Gasteiger partial charge >= 0.3 is 0 Å². The van der Waals surface area contributed by atoms with Gasteiger partial charge in [-0.1, -0.05) is 23.3 Å². The molecular formula is C14H14O3. The fourth-order valence-electron chi connectivity index (χ4n) is 4.04. The fourth-order valence-corrected chi connectivity index (χ4v) is 4.04. The molecule has 0 unspecified atom stereocenters. The second kappa shape index (κ2) is 2.78. The van der Waals surface area contributed by atoms with Gasteiger partial charge in [0.2, 0.25) is 0 Å². The molecule has 0 radical (unpaired) electrons. The third kappa shape index (κ3) is 0.974. The summed E-state index contributed by atoms with van der Waals surface area (Å²) in [4.78, 5) is 24.4. The number of Topliss-reactive ketones (excluding diaryl/α,β-unsaturated/α-hetero) is 2. The zero-order chi connectivity index (χ0) is 11.9. The van der Waals surface area contributed by atoms with Crippen molar-refractivity contribution in [1.29, 1.82) is 0 Å². The quantitative estimate of drug-likeness (QED) is 0.465. The van der Waals surface area contributed by atoms with Crippen molar-refractivity contribution in [2.24, 2.45) is 23.7 Å². The average molecular weight is 230 g/mol. The van der Waals surface area contributed by atoms with Gasteiger partial charge in [0, 0.05) is 23.7 Å². The molecule has 6 atom stereocenters. The maximum Gasteiger partial charge on any atom is 0.169 e. The summed E-state index contributed by atoms with van der Waals surface area (Å²) in [6.07, 6.45) is 3.41. The summed E-state index contributed by atoms with van der Waals surface area (Å²) in [6.45, 7) is 4.15. The number of allylic oxidation sites excluding steroid dienone is 4. The van der Waals surface area contributed by atoms with Gasteiger partial charge in [-0.2, -0.15) is 0 Å². The summed E-state index contributed by atoms with van der Waals surface area (Å²) >= 11 is 0. The summed E-state index contributed by atoms with van der Waals surface area (Å²) in [5, 5.41) is 0. The highest BCUT2D eigenvalue weighted by Gasteiger charge is 2.67.